The number of amides is 2. The van der Waals surface area contributed by atoms with Crippen LogP contribution < -0.4 is 10.6 Å². The zero-order chi connectivity index (χ0) is 14.4. The van der Waals surface area contributed by atoms with Crippen LogP contribution in [0.1, 0.15) is 32.8 Å². The van der Waals surface area contributed by atoms with Crippen molar-refractivity contribution < 1.29 is 9.59 Å². The van der Waals surface area contributed by atoms with Gasteiger partial charge in [0.05, 0.1) is 0 Å². The van der Waals surface area contributed by atoms with Crippen molar-refractivity contribution >= 4 is 23.2 Å². The molecule has 0 radical (unpaired) electrons. The van der Waals surface area contributed by atoms with Gasteiger partial charge in [-0.1, -0.05) is 18.6 Å². The Morgan fingerprint density at radius 1 is 1.16 bits per heavy atom. The van der Waals surface area contributed by atoms with E-state index < -0.39 is 0 Å². The molecule has 2 amide bonds. The molecule has 0 spiro atoms. The molecule has 0 atom stereocenters. The molecule has 0 saturated carbocycles. The van der Waals surface area contributed by atoms with Gasteiger partial charge in [0, 0.05) is 23.9 Å². The first kappa shape index (κ1) is 15.0. The van der Waals surface area contributed by atoms with E-state index in [0.717, 1.165) is 16.8 Å². The highest BCUT2D eigenvalue weighted by atomic mass is 16.2. The van der Waals surface area contributed by atoms with Gasteiger partial charge in [-0.3, -0.25) is 9.59 Å². The molecule has 19 heavy (non-hydrogen) atoms. The molecule has 0 aliphatic carbocycles. The number of anilines is 2. The minimum absolute atomic E-state index is 0.0455. The topological polar surface area (TPSA) is 58.2 Å². The minimum atomic E-state index is -0.165. The first-order valence-corrected chi connectivity index (χ1v) is 6.29. The van der Waals surface area contributed by atoms with Crippen molar-refractivity contribution in [2.75, 3.05) is 10.6 Å². The molecule has 4 heteroatoms. The van der Waals surface area contributed by atoms with Crippen LogP contribution in [0.25, 0.3) is 0 Å². The zero-order valence-corrected chi connectivity index (χ0v) is 11.8. The number of benzene rings is 1. The molecule has 0 saturated heterocycles. The highest BCUT2D eigenvalue weighted by molar-refractivity contribution is 6.01. The van der Waals surface area contributed by atoms with Crippen LogP contribution in [-0.2, 0) is 9.59 Å². The summed E-state index contributed by atoms with van der Waals surface area (Å²) in [5, 5.41) is 5.62. The average Bonchev–Trinajstić information content (AvgIpc) is 2.33. The van der Waals surface area contributed by atoms with Gasteiger partial charge < -0.3 is 10.6 Å². The maximum atomic E-state index is 11.7. The third-order valence-electron chi connectivity index (χ3n) is 2.61. The van der Waals surface area contributed by atoms with Gasteiger partial charge in [0.1, 0.15) is 0 Å². The molecular weight excluding hydrogens is 240 g/mol. The van der Waals surface area contributed by atoms with Crippen molar-refractivity contribution in [3.05, 3.63) is 35.4 Å². The fourth-order valence-corrected chi connectivity index (χ4v) is 1.58. The smallest absolute Gasteiger partial charge is 0.248 e. The van der Waals surface area contributed by atoms with Crippen LogP contribution in [0.5, 0.6) is 0 Å². The van der Waals surface area contributed by atoms with Crippen LogP contribution in [0.15, 0.2) is 29.8 Å². The first-order valence-electron chi connectivity index (χ1n) is 6.29. The van der Waals surface area contributed by atoms with E-state index in [4.69, 9.17) is 0 Å². The second-order valence-electron chi connectivity index (χ2n) is 4.59. The Balaban J connectivity index is 2.92. The summed E-state index contributed by atoms with van der Waals surface area (Å²) in [6.07, 6.45) is 1.96. The third kappa shape index (κ3) is 4.58. The van der Waals surface area contributed by atoms with Gasteiger partial charge in [0.2, 0.25) is 11.8 Å². The van der Waals surface area contributed by atoms with Gasteiger partial charge in [0.25, 0.3) is 0 Å². The van der Waals surface area contributed by atoms with Crippen molar-refractivity contribution in [2.24, 2.45) is 0 Å². The van der Waals surface area contributed by atoms with Crippen LogP contribution in [0, 0.1) is 6.92 Å². The summed E-state index contributed by atoms with van der Waals surface area (Å²) in [6.45, 7) is 7.39. The van der Waals surface area contributed by atoms with E-state index >= 15 is 0 Å². The minimum Gasteiger partial charge on any atom is -0.326 e. The number of allylic oxidation sites excluding steroid dienone is 1. The number of hydrogen-bond donors (Lipinski definition) is 2. The molecule has 0 aromatic heterocycles. The van der Waals surface area contributed by atoms with E-state index in [1.165, 1.54) is 6.08 Å². The lowest BCUT2D eigenvalue weighted by Crippen LogP contribution is -2.13. The summed E-state index contributed by atoms with van der Waals surface area (Å²) >= 11 is 0. The highest BCUT2D eigenvalue weighted by Crippen LogP contribution is 2.23. The molecule has 0 aliphatic rings. The normalized spacial score (nSPS) is 9.68. The van der Waals surface area contributed by atoms with Gasteiger partial charge in [-0.25, -0.2) is 0 Å². The number of carbonyl (C=O) groups excluding carboxylic acids is 2. The van der Waals surface area contributed by atoms with Gasteiger partial charge in [-0.05, 0) is 38.5 Å². The van der Waals surface area contributed by atoms with Crippen molar-refractivity contribution in [1.29, 1.82) is 0 Å². The summed E-state index contributed by atoms with van der Waals surface area (Å²) in [5.74, 6) is -0.210. The summed E-state index contributed by atoms with van der Waals surface area (Å²) in [5.41, 5.74) is 3.21. The molecule has 0 bridgehead atoms. The second kappa shape index (κ2) is 6.73. The fourth-order valence-electron chi connectivity index (χ4n) is 1.58. The zero-order valence-electron chi connectivity index (χ0n) is 11.8. The van der Waals surface area contributed by atoms with E-state index in [1.807, 2.05) is 32.9 Å². The van der Waals surface area contributed by atoms with Gasteiger partial charge >= 0.3 is 0 Å². The Hall–Kier alpha value is -2.10. The molecule has 1 rings (SSSR count). The third-order valence-corrected chi connectivity index (χ3v) is 2.61. The molecule has 0 fully saturated rings. The van der Waals surface area contributed by atoms with Gasteiger partial charge in [-0.15, -0.1) is 0 Å². The van der Waals surface area contributed by atoms with Crippen LogP contribution in [0.2, 0.25) is 0 Å². The Morgan fingerprint density at radius 2 is 1.74 bits per heavy atom. The highest BCUT2D eigenvalue weighted by Gasteiger charge is 2.07. The number of hydrogen-bond acceptors (Lipinski definition) is 2. The number of nitrogens with one attached hydrogen (secondary N) is 2. The molecule has 2 N–H and O–H groups in total. The van der Waals surface area contributed by atoms with E-state index in [2.05, 4.69) is 10.6 Å². The number of rotatable bonds is 4. The Kier molecular flexibility index (Phi) is 5.30. The molecule has 1 aromatic carbocycles. The van der Waals surface area contributed by atoms with E-state index in [1.54, 1.807) is 13.0 Å². The Labute approximate surface area is 113 Å². The SMILES string of the molecule is CCC(=O)Nc1cccc(NC(=O)C=C(C)C)c1C. The molecule has 1 aromatic rings. The maximum Gasteiger partial charge on any atom is 0.248 e. The maximum absolute atomic E-state index is 11.7. The van der Waals surface area contributed by atoms with Crippen molar-refractivity contribution in [2.45, 2.75) is 34.1 Å². The largest absolute Gasteiger partial charge is 0.326 e. The van der Waals surface area contributed by atoms with Gasteiger partial charge in [0.15, 0.2) is 0 Å². The second-order valence-corrected chi connectivity index (χ2v) is 4.59. The molecule has 4 nitrogen and oxygen atoms in total. The lowest BCUT2D eigenvalue weighted by Gasteiger charge is -2.12. The van der Waals surface area contributed by atoms with Crippen molar-refractivity contribution in [3.8, 4) is 0 Å². The summed E-state index contributed by atoms with van der Waals surface area (Å²) in [7, 11) is 0. The summed E-state index contributed by atoms with van der Waals surface area (Å²) in [4.78, 5) is 23.1. The summed E-state index contributed by atoms with van der Waals surface area (Å²) in [6, 6.07) is 5.43. The fraction of sp³-hybridized carbons (Fsp3) is 0.333. The average molecular weight is 260 g/mol. The first-order chi connectivity index (χ1) is 8.93. The van der Waals surface area contributed by atoms with E-state index in [0.29, 0.717) is 12.1 Å². The van der Waals surface area contributed by atoms with Crippen LogP contribution >= 0.6 is 0 Å². The van der Waals surface area contributed by atoms with Crippen LogP contribution in [-0.4, -0.2) is 11.8 Å². The summed E-state index contributed by atoms with van der Waals surface area (Å²) < 4.78 is 0. The molecule has 0 unspecified atom stereocenters. The Morgan fingerprint density at radius 3 is 2.26 bits per heavy atom. The Bertz CT molecular complexity index is 515. The van der Waals surface area contributed by atoms with E-state index in [-0.39, 0.29) is 11.8 Å². The molecule has 102 valence electrons. The molecule has 0 heterocycles. The standard InChI is InChI=1S/C15H20N2O2/c1-5-14(18)16-12-7-6-8-13(11(12)4)17-15(19)9-10(2)3/h6-9H,5H2,1-4H3,(H,16,18)(H,17,19). The van der Waals surface area contributed by atoms with Gasteiger partial charge in [-0.2, -0.15) is 0 Å². The van der Waals surface area contributed by atoms with Crippen molar-refractivity contribution in [3.63, 3.8) is 0 Å². The predicted octanol–water partition coefficient (Wildman–Crippen LogP) is 3.25. The molecule has 0 aliphatic heterocycles. The lowest BCUT2D eigenvalue weighted by atomic mass is 10.1. The molecular formula is C15H20N2O2. The van der Waals surface area contributed by atoms with Crippen LogP contribution in [0.4, 0.5) is 11.4 Å². The monoisotopic (exact) mass is 260 g/mol. The number of carbonyl (C=O) groups is 2. The van der Waals surface area contributed by atoms with Crippen LogP contribution in [0.3, 0.4) is 0 Å². The lowest BCUT2D eigenvalue weighted by molar-refractivity contribution is -0.116. The quantitative estimate of drug-likeness (QED) is 0.816. The predicted molar refractivity (Wildman–Crippen MR) is 78.2 cm³/mol. The van der Waals surface area contributed by atoms with Crippen molar-refractivity contribution in [1.82, 2.24) is 0 Å². The van der Waals surface area contributed by atoms with E-state index in [9.17, 15) is 9.59 Å².